The van der Waals surface area contributed by atoms with Gasteiger partial charge in [-0.25, -0.2) is 4.79 Å². The number of anilines is 1. The number of halogens is 1. The summed E-state index contributed by atoms with van der Waals surface area (Å²) in [7, 11) is 3.88. The number of benzene rings is 2. The van der Waals surface area contributed by atoms with Crippen molar-refractivity contribution < 1.29 is 14.4 Å². The summed E-state index contributed by atoms with van der Waals surface area (Å²) in [6, 6.07) is 11.4. The van der Waals surface area contributed by atoms with Crippen LogP contribution in [0.25, 0.3) is 0 Å². The van der Waals surface area contributed by atoms with Gasteiger partial charge in [0.05, 0.1) is 10.6 Å². The van der Waals surface area contributed by atoms with E-state index in [0.717, 1.165) is 12.1 Å². The van der Waals surface area contributed by atoms with Crippen molar-refractivity contribution in [3.8, 4) is 0 Å². The molecule has 0 spiro atoms. The lowest BCUT2D eigenvalue weighted by atomic mass is 10.1. The maximum atomic E-state index is 12.3. The minimum atomic E-state index is -0.427. The lowest BCUT2D eigenvalue weighted by molar-refractivity contribution is 0.0942. The molecule has 0 saturated heterocycles. The summed E-state index contributed by atoms with van der Waals surface area (Å²) in [5.41, 5.74) is 2.14. The minimum Gasteiger partial charge on any atom is -0.352 e. The van der Waals surface area contributed by atoms with Crippen molar-refractivity contribution in [1.82, 2.24) is 20.9 Å². The van der Waals surface area contributed by atoms with E-state index in [1.54, 1.807) is 30.3 Å². The predicted molar refractivity (Wildman–Crippen MR) is 132 cm³/mol. The number of nitrogens with one attached hydrogen (secondary N) is 4. The van der Waals surface area contributed by atoms with E-state index in [4.69, 9.17) is 11.6 Å². The Kier molecular flexibility index (Phi) is 10.2. The largest absolute Gasteiger partial charge is 0.352 e. The third-order valence-electron chi connectivity index (χ3n) is 4.63. The summed E-state index contributed by atoms with van der Waals surface area (Å²) in [6.45, 7) is 6.11. The first-order valence-corrected chi connectivity index (χ1v) is 11.2. The van der Waals surface area contributed by atoms with Crippen LogP contribution in [0, 0.1) is 5.92 Å². The Morgan fingerprint density at radius 3 is 2.39 bits per heavy atom. The van der Waals surface area contributed by atoms with E-state index in [1.165, 1.54) is 6.07 Å². The third kappa shape index (κ3) is 9.11. The van der Waals surface area contributed by atoms with Gasteiger partial charge in [-0.15, -0.1) is 0 Å². The number of hydrogen-bond acceptors (Lipinski definition) is 4. The molecule has 2 aromatic rings. The molecule has 4 N–H and O–H groups in total. The molecule has 0 aliphatic heterocycles. The highest BCUT2D eigenvalue weighted by Gasteiger charge is 2.12. The van der Waals surface area contributed by atoms with Crippen LogP contribution in [0.2, 0.25) is 5.02 Å². The van der Waals surface area contributed by atoms with Gasteiger partial charge in [0.15, 0.2) is 0 Å². The predicted octanol–water partition coefficient (Wildman–Crippen LogP) is 3.34. The Hall–Kier alpha value is -3.10. The Morgan fingerprint density at radius 2 is 1.73 bits per heavy atom. The van der Waals surface area contributed by atoms with Gasteiger partial charge in [0.2, 0.25) is 0 Å². The van der Waals surface area contributed by atoms with E-state index >= 15 is 0 Å². The van der Waals surface area contributed by atoms with E-state index in [9.17, 15) is 14.4 Å². The monoisotopic (exact) mass is 473 g/mol. The van der Waals surface area contributed by atoms with Gasteiger partial charge in [-0.3, -0.25) is 9.59 Å². The van der Waals surface area contributed by atoms with Gasteiger partial charge < -0.3 is 26.2 Å². The maximum Gasteiger partial charge on any atom is 0.319 e. The molecular formula is C24H32ClN5O3. The van der Waals surface area contributed by atoms with Crippen LogP contribution in [0.5, 0.6) is 0 Å². The van der Waals surface area contributed by atoms with E-state index in [0.29, 0.717) is 35.8 Å². The number of carbonyl (C=O) groups excluding carboxylic acids is 3. The van der Waals surface area contributed by atoms with Gasteiger partial charge in [0, 0.05) is 37.4 Å². The molecule has 4 amide bonds. The topological polar surface area (TPSA) is 103 Å². The highest BCUT2D eigenvalue weighted by molar-refractivity contribution is 6.34. The highest BCUT2D eigenvalue weighted by atomic mass is 35.5. The van der Waals surface area contributed by atoms with Crippen LogP contribution >= 0.6 is 11.6 Å². The smallest absolute Gasteiger partial charge is 0.319 e. The van der Waals surface area contributed by atoms with Crippen LogP contribution in [0.4, 0.5) is 10.5 Å². The Morgan fingerprint density at radius 1 is 0.970 bits per heavy atom. The van der Waals surface area contributed by atoms with Crippen LogP contribution in [-0.2, 0) is 6.54 Å². The molecule has 0 aromatic heterocycles. The molecule has 0 saturated carbocycles. The van der Waals surface area contributed by atoms with Crippen molar-refractivity contribution in [2.75, 3.05) is 39.0 Å². The van der Waals surface area contributed by atoms with Gasteiger partial charge in [-0.2, -0.15) is 0 Å². The molecule has 9 heteroatoms. The minimum absolute atomic E-state index is 0.157. The normalized spacial score (nSPS) is 10.8. The van der Waals surface area contributed by atoms with E-state index in [2.05, 4.69) is 21.3 Å². The number of amides is 4. The molecule has 2 aromatic carbocycles. The summed E-state index contributed by atoms with van der Waals surface area (Å²) < 4.78 is 0. The highest BCUT2D eigenvalue weighted by Crippen LogP contribution is 2.21. The van der Waals surface area contributed by atoms with E-state index in [-0.39, 0.29) is 23.4 Å². The zero-order valence-electron chi connectivity index (χ0n) is 19.5. The summed E-state index contributed by atoms with van der Waals surface area (Å²) in [5, 5.41) is 11.4. The van der Waals surface area contributed by atoms with Gasteiger partial charge in [-0.1, -0.05) is 37.6 Å². The lowest BCUT2D eigenvalue weighted by Crippen LogP contribution is -2.31. The molecule has 0 bridgehead atoms. The first-order valence-electron chi connectivity index (χ1n) is 10.8. The van der Waals surface area contributed by atoms with Crippen LogP contribution in [0.1, 0.15) is 40.1 Å². The number of hydrogen-bond donors (Lipinski definition) is 4. The fourth-order valence-electron chi connectivity index (χ4n) is 2.84. The molecular weight excluding hydrogens is 442 g/mol. The Labute approximate surface area is 200 Å². The van der Waals surface area contributed by atoms with Crippen molar-refractivity contribution in [3.63, 3.8) is 0 Å². The molecule has 0 aliphatic rings. The SMILES string of the molecule is CC(C)CNC(=O)c1ccc(NC(=O)NCc2cccc(C(=O)NCCN(C)C)c2)cc1Cl. The molecule has 0 heterocycles. The van der Waals surface area contributed by atoms with Crippen LogP contribution in [-0.4, -0.2) is 56.5 Å². The molecule has 2 rings (SSSR count). The Bertz CT molecular complexity index is 978. The Balaban J connectivity index is 1.88. The summed E-state index contributed by atoms with van der Waals surface area (Å²) >= 11 is 6.22. The third-order valence-corrected chi connectivity index (χ3v) is 4.94. The van der Waals surface area contributed by atoms with Crippen LogP contribution < -0.4 is 21.3 Å². The van der Waals surface area contributed by atoms with Crippen molar-refractivity contribution in [2.24, 2.45) is 5.92 Å². The lowest BCUT2D eigenvalue weighted by Gasteiger charge is -2.12. The first kappa shape index (κ1) is 26.2. The van der Waals surface area contributed by atoms with Crippen molar-refractivity contribution >= 4 is 35.1 Å². The number of urea groups is 1. The van der Waals surface area contributed by atoms with Crippen LogP contribution in [0.3, 0.4) is 0 Å². The van der Waals surface area contributed by atoms with Gasteiger partial charge in [0.1, 0.15) is 0 Å². The summed E-state index contributed by atoms with van der Waals surface area (Å²) in [6.07, 6.45) is 0. The average molecular weight is 474 g/mol. The molecule has 0 aliphatic carbocycles. The number of likely N-dealkylation sites (N-methyl/N-ethyl adjacent to an activating group) is 1. The second kappa shape index (κ2) is 12.8. The summed E-state index contributed by atoms with van der Waals surface area (Å²) in [4.78, 5) is 38.7. The van der Waals surface area contributed by atoms with Gasteiger partial charge in [0.25, 0.3) is 11.8 Å². The molecule has 0 radical (unpaired) electrons. The molecule has 8 nitrogen and oxygen atoms in total. The molecule has 0 unspecified atom stereocenters. The van der Waals surface area contributed by atoms with Crippen LogP contribution in [0.15, 0.2) is 42.5 Å². The standard InChI is InChI=1S/C24H32ClN5O3/c1-16(2)14-27-23(32)20-9-8-19(13-21(20)25)29-24(33)28-15-17-6-5-7-18(12-17)22(31)26-10-11-30(3)4/h5-9,12-13,16H,10-11,14-15H2,1-4H3,(H,26,31)(H,27,32)(H2,28,29,33). The molecule has 178 valence electrons. The number of carbonyl (C=O) groups is 3. The quantitative estimate of drug-likeness (QED) is 0.425. The fourth-order valence-corrected chi connectivity index (χ4v) is 3.11. The average Bonchev–Trinajstić information content (AvgIpc) is 2.76. The molecule has 0 atom stereocenters. The fraction of sp³-hybridized carbons (Fsp3) is 0.375. The van der Waals surface area contributed by atoms with E-state index < -0.39 is 6.03 Å². The zero-order valence-corrected chi connectivity index (χ0v) is 20.3. The number of rotatable bonds is 10. The second-order valence-electron chi connectivity index (χ2n) is 8.37. The van der Waals surface area contributed by atoms with E-state index in [1.807, 2.05) is 38.9 Å². The second-order valence-corrected chi connectivity index (χ2v) is 8.77. The van der Waals surface area contributed by atoms with Crippen molar-refractivity contribution in [2.45, 2.75) is 20.4 Å². The van der Waals surface area contributed by atoms with Gasteiger partial charge >= 0.3 is 6.03 Å². The summed E-state index contributed by atoms with van der Waals surface area (Å²) in [5.74, 6) is -0.0823. The molecule has 33 heavy (non-hydrogen) atoms. The zero-order chi connectivity index (χ0) is 24.4. The molecule has 0 fully saturated rings. The maximum absolute atomic E-state index is 12.3. The first-order chi connectivity index (χ1) is 15.7. The van der Waals surface area contributed by atoms with Gasteiger partial charge in [-0.05, 0) is 55.9 Å². The van der Waals surface area contributed by atoms with Crippen molar-refractivity contribution in [3.05, 3.63) is 64.2 Å². The number of nitrogens with zero attached hydrogens (tertiary/aromatic N) is 1. The van der Waals surface area contributed by atoms with Crippen molar-refractivity contribution in [1.29, 1.82) is 0 Å².